The molecular weight excluding hydrogens is 178 g/mol. The molecular formula is C11H13NO2. The standard InChI is InChI=1S/C11H13NO2/c1-11(2)8-14-12(10(11)13)9-6-4-3-5-7-9/h3-7H,8H2,1-2H3. The minimum Gasteiger partial charge on any atom is -0.271 e. The number of hydrogen-bond donors (Lipinski definition) is 0. The summed E-state index contributed by atoms with van der Waals surface area (Å²) in [5.74, 6) is 0.0173. The smallest absolute Gasteiger partial charge is 0.258 e. The first-order valence-electron chi connectivity index (χ1n) is 4.64. The van der Waals surface area contributed by atoms with E-state index in [0.29, 0.717) is 6.61 Å². The number of para-hydroxylation sites is 1. The van der Waals surface area contributed by atoms with Crippen LogP contribution in [0.2, 0.25) is 0 Å². The maximum Gasteiger partial charge on any atom is 0.258 e. The Hall–Kier alpha value is -1.35. The Morgan fingerprint density at radius 1 is 1.29 bits per heavy atom. The van der Waals surface area contributed by atoms with Crippen molar-refractivity contribution in [2.45, 2.75) is 13.8 Å². The molecule has 0 unspecified atom stereocenters. The molecule has 0 aromatic heterocycles. The third-order valence-corrected chi connectivity index (χ3v) is 2.31. The van der Waals surface area contributed by atoms with E-state index in [-0.39, 0.29) is 5.91 Å². The van der Waals surface area contributed by atoms with Gasteiger partial charge >= 0.3 is 0 Å². The highest BCUT2D eigenvalue weighted by molar-refractivity contribution is 5.96. The number of carbonyl (C=O) groups is 1. The lowest BCUT2D eigenvalue weighted by atomic mass is 9.95. The van der Waals surface area contributed by atoms with Crippen LogP contribution in [0.5, 0.6) is 0 Å². The lowest BCUT2D eigenvalue weighted by molar-refractivity contribution is -0.124. The zero-order valence-corrected chi connectivity index (χ0v) is 8.36. The van der Waals surface area contributed by atoms with Crippen molar-refractivity contribution in [3.63, 3.8) is 0 Å². The van der Waals surface area contributed by atoms with Crippen LogP contribution in [0.4, 0.5) is 5.69 Å². The van der Waals surface area contributed by atoms with E-state index in [4.69, 9.17) is 4.84 Å². The molecule has 3 nitrogen and oxygen atoms in total. The Morgan fingerprint density at radius 3 is 2.43 bits per heavy atom. The molecule has 0 N–H and O–H groups in total. The van der Waals surface area contributed by atoms with E-state index in [0.717, 1.165) is 5.69 Å². The molecule has 1 saturated heterocycles. The molecule has 3 heteroatoms. The number of amides is 1. The van der Waals surface area contributed by atoms with Crippen LogP contribution < -0.4 is 5.06 Å². The van der Waals surface area contributed by atoms with Crippen LogP contribution in [-0.4, -0.2) is 12.5 Å². The maximum absolute atomic E-state index is 11.8. The fraction of sp³-hybridized carbons (Fsp3) is 0.364. The summed E-state index contributed by atoms with van der Waals surface area (Å²) in [5.41, 5.74) is 0.388. The zero-order valence-electron chi connectivity index (χ0n) is 8.36. The zero-order chi connectivity index (χ0) is 10.2. The second-order valence-corrected chi connectivity index (χ2v) is 4.09. The number of hydroxylamine groups is 1. The first-order chi connectivity index (χ1) is 6.61. The Labute approximate surface area is 83.2 Å². The highest BCUT2D eigenvalue weighted by atomic mass is 16.7. The van der Waals surface area contributed by atoms with Crippen LogP contribution in [0.1, 0.15) is 13.8 Å². The molecule has 1 aromatic carbocycles. The maximum atomic E-state index is 11.8. The number of rotatable bonds is 1. The van der Waals surface area contributed by atoms with Gasteiger partial charge in [0.05, 0.1) is 17.7 Å². The fourth-order valence-corrected chi connectivity index (χ4v) is 1.38. The van der Waals surface area contributed by atoms with Crippen molar-refractivity contribution in [3.05, 3.63) is 30.3 Å². The Balaban J connectivity index is 2.27. The highest BCUT2D eigenvalue weighted by Gasteiger charge is 2.41. The molecule has 14 heavy (non-hydrogen) atoms. The Kier molecular flexibility index (Phi) is 2.04. The summed E-state index contributed by atoms with van der Waals surface area (Å²) in [6, 6.07) is 9.41. The molecule has 1 aromatic rings. The quantitative estimate of drug-likeness (QED) is 0.679. The monoisotopic (exact) mass is 191 g/mol. The summed E-state index contributed by atoms with van der Waals surface area (Å²) in [5, 5.41) is 1.38. The molecule has 1 aliphatic heterocycles. The predicted molar refractivity (Wildman–Crippen MR) is 53.7 cm³/mol. The highest BCUT2D eigenvalue weighted by Crippen LogP contribution is 2.30. The van der Waals surface area contributed by atoms with Gasteiger partial charge in [-0.25, -0.2) is 0 Å². The van der Waals surface area contributed by atoms with Crippen molar-refractivity contribution in [1.82, 2.24) is 0 Å². The molecule has 1 fully saturated rings. The third-order valence-electron chi connectivity index (χ3n) is 2.31. The second kappa shape index (κ2) is 3.10. The molecule has 0 radical (unpaired) electrons. The van der Waals surface area contributed by atoms with Crippen molar-refractivity contribution < 1.29 is 9.63 Å². The van der Waals surface area contributed by atoms with Gasteiger partial charge in [-0.05, 0) is 26.0 Å². The van der Waals surface area contributed by atoms with Gasteiger partial charge in [0, 0.05) is 0 Å². The minimum absolute atomic E-state index is 0.0173. The van der Waals surface area contributed by atoms with Gasteiger partial charge in [0.25, 0.3) is 5.91 Å². The topological polar surface area (TPSA) is 29.5 Å². The van der Waals surface area contributed by atoms with Crippen LogP contribution in [0.15, 0.2) is 30.3 Å². The average molecular weight is 191 g/mol. The predicted octanol–water partition coefficient (Wildman–Crippen LogP) is 1.99. The molecule has 0 atom stereocenters. The largest absolute Gasteiger partial charge is 0.271 e. The van der Waals surface area contributed by atoms with E-state index in [1.54, 1.807) is 0 Å². The number of anilines is 1. The summed E-state index contributed by atoms with van der Waals surface area (Å²) in [6.07, 6.45) is 0. The second-order valence-electron chi connectivity index (χ2n) is 4.09. The molecule has 74 valence electrons. The van der Waals surface area contributed by atoms with Crippen LogP contribution in [0.3, 0.4) is 0 Å². The van der Waals surface area contributed by atoms with E-state index in [1.807, 2.05) is 44.2 Å². The molecule has 1 heterocycles. The van der Waals surface area contributed by atoms with Gasteiger partial charge in [0.2, 0.25) is 0 Å². The molecule has 1 amide bonds. The van der Waals surface area contributed by atoms with E-state index in [2.05, 4.69) is 0 Å². The average Bonchev–Trinajstić information content (AvgIpc) is 2.44. The molecule has 0 spiro atoms. The Bertz CT molecular complexity index is 346. The summed E-state index contributed by atoms with van der Waals surface area (Å²) < 4.78 is 0. The van der Waals surface area contributed by atoms with Gasteiger partial charge in [0.15, 0.2) is 0 Å². The van der Waals surface area contributed by atoms with E-state index in [9.17, 15) is 4.79 Å². The lowest BCUT2D eigenvalue weighted by Crippen LogP contribution is -2.30. The Morgan fingerprint density at radius 2 is 1.93 bits per heavy atom. The summed E-state index contributed by atoms with van der Waals surface area (Å²) in [6.45, 7) is 4.22. The summed E-state index contributed by atoms with van der Waals surface area (Å²) in [4.78, 5) is 17.2. The van der Waals surface area contributed by atoms with Crippen molar-refractivity contribution in [2.75, 3.05) is 11.7 Å². The SMILES string of the molecule is CC1(C)CON(c2ccccc2)C1=O. The van der Waals surface area contributed by atoms with Crippen molar-refractivity contribution in [2.24, 2.45) is 5.41 Å². The molecule has 0 aliphatic carbocycles. The van der Waals surface area contributed by atoms with E-state index >= 15 is 0 Å². The van der Waals surface area contributed by atoms with Gasteiger partial charge in [-0.1, -0.05) is 18.2 Å². The van der Waals surface area contributed by atoms with E-state index in [1.165, 1.54) is 5.06 Å². The summed E-state index contributed by atoms with van der Waals surface area (Å²) >= 11 is 0. The van der Waals surface area contributed by atoms with Crippen LogP contribution in [0, 0.1) is 5.41 Å². The molecule has 0 saturated carbocycles. The molecule has 1 aliphatic rings. The third kappa shape index (κ3) is 1.40. The van der Waals surface area contributed by atoms with Gasteiger partial charge in [-0.3, -0.25) is 9.63 Å². The minimum atomic E-state index is -0.407. The van der Waals surface area contributed by atoms with Crippen molar-refractivity contribution in [3.8, 4) is 0 Å². The van der Waals surface area contributed by atoms with Gasteiger partial charge in [0.1, 0.15) is 0 Å². The van der Waals surface area contributed by atoms with Crippen molar-refractivity contribution >= 4 is 11.6 Å². The van der Waals surface area contributed by atoms with Crippen LogP contribution >= 0.6 is 0 Å². The fourth-order valence-electron chi connectivity index (χ4n) is 1.38. The number of nitrogens with zero attached hydrogens (tertiary/aromatic N) is 1. The van der Waals surface area contributed by atoms with Crippen molar-refractivity contribution in [1.29, 1.82) is 0 Å². The first kappa shape index (κ1) is 9.21. The van der Waals surface area contributed by atoms with E-state index < -0.39 is 5.41 Å². The van der Waals surface area contributed by atoms with Crippen LogP contribution in [0.25, 0.3) is 0 Å². The first-order valence-corrected chi connectivity index (χ1v) is 4.64. The van der Waals surface area contributed by atoms with Crippen LogP contribution in [-0.2, 0) is 9.63 Å². The number of hydrogen-bond acceptors (Lipinski definition) is 2. The lowest BCUT2D eigenvalue weighted by Gasteiger charge is -2.15. The van der Waals surface area contributed by atoms with Gasteiger partial charge < -0.3 is 0 Å². The normalized spacial score (nSPS) is 20.1. The summed E-state index contributed by atoms with van der Waals surface area (Å²) in [7, 11) is 0. The van der Waals surface area contributed by atoms with Gasteiger partial charge in [-0.15, -0.1) is 0 Å². The molecule has 0 bridgehead atoms. The number of carbonyl (C=O) groups excluding carboxylic acids is 1. The molecule has 2 rings (SSSR count). The van der Waals surface area contributed by atoms with Gasteiger partial charge in [-0.2, -0.15) is 5.06 Å². The number of benzene rings is 1.